The Kier molecular flexibility index (Phi) is 10.5. The Labute approximate surface area is 293 Å². The molecule has 1 fully saturated rings. The smallest absolute Gasteiger partial charge is 0.410 e. The molecule has 0 spiro atoms. The number of hydrogen-bond donors (Lipinski definition) is 0. The molecule has 4 aromatic rings. The van der Waals surface area contributed by atoms with Crippen molar-refractivity contribution in [2.24, 2.45) is 5.92 Å². The molecule has 1 aliphatic carbocycles. The molecular formula is C41H44N2O7. The highest BCUT2D eigenvalue weighted by Crippen LogP contribution is 2.45. The van der Waals surface area contributed by atoms with Crippen molar-refractivity contribution < 1.29 is 33.3 Å². The lowest BCUT2D eigenvalue weighted by Gasteiger charge is -2.37. The SMILES string of the molecule is CC[C@H](C)[C@@H](C(=O)N1[C@H](c2ccc(OC)cc2)OC(C)[C@@H]1C(=O)OCc1ccccc1)N(C)C(=O)OCC1c2ccccc2-c2ccccc21. The maximum Gasteiger partial charge on any atom is 0.410 e. The van der Waals surface area contributed by atoms with E-state index in [9.17, 15) is 14.4 Å². The van der Waals surface area contributed by atoms with E-state index in [1.807, 2.05) is 80.6 Å². The van der Waals surface area contributed by atoms with E-state index >= 15 is 0 Å². The van der Waals surface area contributed by atoms with Crippen LogP contribution in [0.5, 0.6) is 5.75 Å². The first-order valence-electron chi connectivity index (χ1n) is 17.1. The second kappa shape index (κ2) is 15.2. The molecule has 4 aromatic carbocycles. The van der Waals surface area contributed by atoms with E-state index in [1.165, 1.54) is 9.80 Å². The molecule has 6 rings (SSSR count). The van der Waals surface area contributed by atoms with Gasteiger partial charge in [0, 0.05) is 18.5 Å². The summed E-state index contributed by atoms with van der Waals surface area (Å²) in [5.41, 5.74) is 5.94. The Bertz CT molecular complexity index is 1770. The predicted octanol–water partition coefficient (Wildman–Crippen LogP) is 7.35. The highest BCUT2D eigenvalue weighted by Gasteiger charge is 2.51. The number of fused-ring (bicyclic) bond motifs is 3. The molecule has 260 valence electrons. The van der Waals surface area contributed by atoms with E-state index in [-0.39, 0.29) is 25.0 Å². The minimum atomic E-state index is -1.05. The van der Waals surface area contributed by atoms with Crippen LogP contribution < -0.4 is 4.74 Å². The van der Waals surface area contributed by atoms with Crippen molar-refractivity contribution >= 4 is 18.0 Å². The van der Waals surface area contributed by atoms with Gasteiger partial charge >= 0.3 is 12.1 Å². The number of carbonyl (C=O) groups excluding carboxylic acids is 3. The summed E-state index contributed by atoms with van der Waals surface area (Å²) in [7, 11) is 3.16. The third-order valence-electron chi connectivity index (χ3n) is 9.94. The Morgan fingerprint density at radius 1 is 0.840 bits per heavy atom. The van der Waals surface area contributed by atoms with Crippen molar-refractivity contribution in [1.82, 2.24) is 9.80 Å². The van der Waals surface area contributed by atoms with Crippen LogP contribution >= 0.6 is 0 Å². The summed E-state index contributed by atoms with van der Waals surface area (Å²) in [5, 5.41) is 0. The number of esters is 1. The molecule has 0 radical (unpaired) electrons. The van der Waals surface area contributed by atoms with Crippen molar-refractivity contribution in [2.45, 2.75) is 64.1 Å². The molecule has 2 aliphatic rings. The van der Waals surface area contributed by atoms with Crippen molar-refractivity contribution in [2.75, 3.05) is 20.8 Å². The summed E-state index contributed by atoms with van der Waals surface area (Å²) >= 11 is 0. The number of likely N-dealkylation sites (N-methyl/N-ethyl adjacent to an activating group) is 1. The van der Waals surface area contributed by atoms with E-state index in [4.69, 9.17) is 18.9 Å². The minimum absolute atomic E-state index is 0.0482. The summed E-state index contributed by atoms with van der Waals surface area (Å²) in [6.45, 7) is 5.80. The van der Waals surface area contributed by atoms with Crippen molar-refractivity contribution in [3.63, 3.8) is 0 Å². The van der Waals surface area contributed by atoms with Gasteiger partial charge in [-0.05, 0) is 52.8 Å². The number of hydrogen-bond acceptors (Lipinski definition) is 7. The molecule has 2 amide bonds. The van der Waals surface area contributed by atoms with Gasteiger partial charge in [-0.3, -0.25) is 14.6 Å². The molecule has 0 bridgehead atoms. The lowest BCUT2D eigenvalue weighted by Crippen LogP contribution is -2.56. The van der Waals surface area contributed by atoms with Gasteiger partial charge in [0.05, 0.1) is 13.2 Å². The largest absolute Gasteiger partial charge is 0.497 e. The second-order valence-electron chi connectivity index (χ2n) is 13.0. The molecule has 0 aromatic heterocycles. The summed E-state index contributed by atoms with van der Waals surface area (Å²) in [6, 6.07) is 30.8. The summed E-state index contributed by atoms with van der Waals surface area (Å²) in [4.78, 5) is 45.4. The van der Waals surface area contributed by atoms with Gasteiger partial charge in [0.25, 0.3) is 0 Å². The third kappa shape index (κ3) is 6.83. The Hall–Kier alpha value is -5.15. The molecule has 0 saturated carbocycles. The molecule has 1 aliphatic heterocycles. The molecule has 1 saturated heterocycles. The van der Waals surface area contributed by atoms with Crippen LogP contribution in [0, 0.1) is 5.92 Å². The lowest BCUT2D eigenvalue weighted by atomic mass is 9.95. The van der Waals surface area contributed by atoms with Crippen LogP contribution in [0.2, 0.25) is 0 Å². The Morgan fingerprint density at radius 3 is 2.04 bits per heavy atom. The van der Waals surface area contributed by atoms with Gasteiger partial charge in [0.15, 0.2) is 12.3 Å². The average molecular weight is 677 g/mol. The quantitative estimate of drug-likeness (QED) is 0.153. The Balaban J connectivity index is 1.27. The first kappa shape index (κ1) is 34.7. The molecular weight excluding hydrogens is 632 g/mol. The molecule has 50 heavy (non-hydrogen) atoms. The molecule has 5 atom stereocenters. The number of carbonyl (C=O) groups is 3. The fourth-order valence-corrected chi connectivity index (χ4v) is 7.07. The maximum atomic E-state index is 14.9. The third-order valence-corrected chi connectivity index (χ3v) is 9.94. The monoisotopic (exact) mass is 676 g/mol. The van der Waals surface area contributed by atoms with E-state index in [1.54, 1.807) is 33.2 Å². The Morgan fingerprint density at radius 2 is 1.44 bits per heavy atom. The second-order valence-corrected chi connectivity index (χ2v) is 13.0. The number of ether oxygens (including phenoxy) is 4. The van der Waals surface area contributed by atoms with E-state index in [2.05, 4.69) is 24.3 Å². The van der Waals surface area contributed by atoms with Gasteiger partial charge in [0.2, 0.25) is 5.91 Å². The number of rotatable bonds is 11. The highest BCUT2D eigenvalue weighted by molar-refractivity contribution is 5.91. The molecule has 1 unspecified atom stereocenters. The van der Waals surface area contributed by atoms with Crippen LogP contribution in [-0.2, 0) is 30.4 Å². The van der Waals surface area contributed by atoms with Gasteiger partial charge in [-0.1, -0.05) is 111 Å². The van der Waals surface area contributed by atoms with Gasteiger partial charge in [-0.15, -0.1) is 0 Å². The predicted molar refractivity (Wildman–Crippen MR) is 189 cm³/mol. The van der Waals surface area contributed by atoms with E-state index < -0.39 is 42.4 Å². The number of benzene rings is 4. The van der Waals surface area contributed by atoms with Gasteiger partial charge in [0.1, 0.15) is 25.0 Å². The lowest BCUT2D eigenvalue weighted by molar-refractivity contribution is -0.158. The molecule has 9 nitrogen and oxygen atoms in total. The zero-order chi connectivity index (χ0) is 35.4. The first-order chi connectivity index (χ1) is 24.2. The summed E-state index contributed by atoms with van der Waals surface area (Å²) in [6.07, 6.45) is -1.62. The standard InChI is InChI=1S/C41H44N2O7/c1-6-26(2)36(42(4)41(46)49-25-35-33-18-12-10-16-31(33)32-17-11-13-19-34(32)35)38(44)43-37(40(45)48-24-28-14-8-7-9-15-28)27(3)50-39(43)29-20-22-30(47-5)23-21-29/h7-23,26-27,35-37,39H,6,24-25H2,1-5H3/t26-,27?,36-,37+,39-/m0/s1. The summed E-state index contributed by atoms with van der Waals surface area (Å²) < 4.78 is 23.5. The fourth-order valence-electron chi connectivity index (χ4n) is 7.07. The zero-order valence-corrected chi connectivity index (χ0v) is 29.2. The van der Waals surface area contributed by atoms with Gasteiger partial charge in [-0.25, -0.2) is 9.59 Å². The van der Waals surface area contributed by atoms with Gasteiger partial charge < -0.3 is 18.9 Å². The zero-order valence-electron chi connectivity index (χ0n) is 29.2. The average Bonchev–Trinajstić information content (AvgIpc) is 3.67. The molecule has 1 heterocycles. The van der Waals surface area contributed by atoms with Gasteiger partial charge in [-0.2, -0.15) is 0 Å². The van der Waals surface area contributed by atoms with Crippen LogP contribution in [0.4, 0.5) is 4.79 Å². The van der Waals surface area contributed by atoms with E-state index in [0.717, 1.165) is 27.8 Å². The number of nitrogens with zero attached hydrogens (tertiary/aromatic N) is 2. The van der Waals surface area contributed by atoms with Crippen molar-refractivity contribution in [3.8, 4) is 16.9 Å². The highest BCUT2D eigenvalue weighted by atomic mass is 16.6. The number of amides is 2. The normalized spacial score (nSPS) is 19.2. The molecule has 0 N–H and O–H groups in total. The number of methoxy groups -OCH3 is 1. The van der Waals surface area contributed by atoms with Crippen molar-refractivity contribution in [3.05, 3.63) is 125 Å². The maximum absolute atomic E-state index is 14.9. The van der Waals surface area contributed by atoms with Crippen LogP contribution in [0.3, 0.4) is 0 Å². The van der Waals surface area contributed by atoms with Crippen LogP contribution in [0.1, 0.15) is 61.6 Å². The van der Waals surface area contributed by atoms with Crippen LogP contribution in [0.25, 0.3) is 11.1 Å². The van der Waals surface area contributed by atoms with Crippen LogP contribution in [-0.4, -0.2) is 66.7 Å². The minimum Gasteiger partial charge on any atom is -0.497 e. The van der Waals surface area contributed by atoms with Crippen molar-refractivity contribution in [1.29, 1.82) is 0 Å². The van der Waals surface area contributed by atoms with Crippen LogP contribution in [0.15, 0.2) is 103 Å². The summed E-state index contributed by atoms with van der Waals surface area (Å²) in [5.74, 6) is -0.779. The molecule has 9 heteroatoms. The first-order valence-corrected chi connectivity index (χ1v) is 17.1. The van der Waals surface area contributed by atoms with E-state index in [0.29, 0.717) is 17.7 Å². The fraction of sp³-hybridized carbons (Fsp3) is 0.341. The topological polar surface area (TPSA) is 94.6 Å².